The molecule has 1 aliphatic rings. The zero-order valence-corrected chi connectivity index (χ0v) is 18.8. The Bertz CT molecular complexity index is 724. The van der Waals surface area contributed by atoms with Gasteiger partial charge in [0.1, 0.15) is 5.60 Å². The van der Waals surface area contributed by atoms with Gasteiger partial charge in [0.25, 0.3) is 11.8 Å². The monoisotopic (exact) mass is 459 g/mol. The maximum absolute atomic E-state index is 12.3. The van der Waals surface area contributed by atoms with Crippen LogP contribution in [0.5, 0.6) is 0 Å². The molecule has 1 heterocycles. The van der Waals surface area contributed by atoms with Crippen LogP contribution in [0.4, 0.5) is 4.79 Å². The Morgan fingerprint density at radius 2 is 1.59 bits per heavy atom. The van der Waals surface area contributed by atoms with E-state index >= 15 is 0 Å². The van der Waals surface area contributed by atoms with Gasteiger partial charge in [0.05, 0.1) is 13.0 Å². The van der Waals surface area contributed by atoms with Crippen molar-refractivity contribution in [2.75, 3.05) is 6.61 Å². The molecule has 0 N–H and O–H groups in total. The van der Waals surface area contributed by atoms with E-state index in [-0.39, 0.29) is 19.4 Å². The van der Waals surface area contributed by atoms with Gasteiger partial charge < -0.3 is 23.8 Å². The summed E-state index contributed by atoms with van der Waals surface area (Å²) in [6.45, 7) is 7.86. The average molecular weight is 459 g/mol. The molecule has 180 valence electrons. The Morgan fingerprint density at radius 1 is 1.00 bits per heavy atom. The predicted octanol–water partition coefficient (Wildman–Crippen LogP) is 1.58. The molecule has 0 bridgehead atoms. The summed E-state index contributed by atoms with van der Waals surface area (Å²) in [5.41, 5.74) is -0.861. The van der Waals surface area contributed by atoms with E-state index in [4.69, 9.17) is 23.8 Å². The third-order valence-electron chi connectivity index (χ3n) is 3.81. The Morgan fingerprint density at radius 3 is 2.12 bits per heavy atom. The molecule has 0 unspecified atom stereocenters. The number of ether oxygens (including phenoxy) is 4. The fourth-order valence-electron chi connectivity index (χ4n) is 2.23. The van der Waals surface area contributed by atoms with Crippen LogP contribution in [0.2, 0.25) is 0 Å². The van der Waals surface area contributed by atoms with Crippen LogP contribution < -0.4 is 0 Å². The summed E-state index contributed by atoms with van der Waals surface area (Å²) in [5, 5.41) is 0.303. The molecule has 0 aromatic rings. The lowest BCUT2D eigenvalue weighted by Crippen LogP contribution is -2.39. The maximum atomic E-state index is 12.3. The largest absolute Gasteiger partial charge is 0.509 e. The minimum Gasteiger partial charge on any atom is -0.463 e. The minimum absolute atomic E-state index is 0.0193. The number of rotatable bonds is 10. The molecule has 1 aliphatic heterocycles. The van der Waals surface area contributed by atoms with Gasteiger partial charge in [-0.05, 0) is 34.1 Å². The van der Waals surface area contributed by atoms with Crippen LogP contribution in [0.15, 0.2) is 0 Å². The van der Waals surface area contributed by atoms with Crippen molar-refractivity contribution in [1.82, 2.24) is 5.06 Å². The van der Waals surface area contributed by atoms with Crippen LogP contribution in [0.3, 0.4) is 0 Å². The van der Waals surface area contributed by atoms with Crippen LogP contribution in [0.25, 0.3) is 0 Å². The van der Waals surface area contributed by atoms with Crippen LogP contribution in [-0.4, -0.2) is 65.4 Å². The molecule has 12 nitrogen and oxygen atoms in total. The molecule has 2 amide bonds. The average Bonchev–Trinajstić information content (AvgIpc) is 2.97. The van der Waals surface area contributed by atoms with Gasteiger partial charge in [-0.2, -0.15) is 0 Å². The first-order valence-electron chi connectivity index (χ1n) is 10.2. The summed E-state index contributed by atoms with van der Waals surface area (Å²) in [5.74, 6) is -4.76. The third-order valence-corrected chi connectivity index (χ3v) is 3.81. The van der Waals surface area contributed by atoms with Gasteiger partial charge in [-0.1, -0.05) is 13.3 Å². The molecular formula is C20H29NO11. The second-order valence-electron chi connectivity index (χ2n) is 7.92. The summed E-state index contributed by atoms with van der Waals surface area (Å²) in [6.07, 6.45) is -4.13. The topological polar surface area (TPSA) is 152 Å². The predicted molar refractivity (Wildman–Crippen MR) is 104 cm³/mol. The molecule has 0 radical (unpaired) electrons. The first-order chi connectivity index (χ1) is 14.8. The van der Waals surface area contributed by atoms with E-state index in [1.54, 1.807) is 20.8 Å². The quantitative estimate of drug-likeness (QED) is 0.202. The molecule has 1 saturated heterocycles. The van der Waals surface area contributed by atoms with Crippen LogP contribution in [0.1, 0.15) is 66.7 Å². The number of nitrogens with zero attached hydrogens (tertiary/aromatic N) is 1. The summed E-state index contributed by atoms with van der Waals surface area (Å²) in [4.78, 5) is 76.3. The number of amides is 2. The number of hydrogen-bond acceptors (Lipinski definition) is 11. The van der Waals surface area contributed by atoms with E-state index in [9.17, 15) is 28.8 Å². The Hall–Kier alpha value is -3.18. The van der Waals surface area contributed by atoms with Gasteiger partial charge in [0, 0.05) is 12.8 Å². The summed E-state index contributed by atoms with van der Waals surface area (Å²) >= 11 is 0. The number of carbonyl (C=O) groups is 6. The fourth-order valence-corrected chi connectivity index (χ4v) is 2.23. The highest BCUT2D eigenvalue weighted by molar-refractivity contribution is 6.01. The highest BCUT2D eigenvalue weighted by Gasteiger charge is 2.36. The summed E-state index contributed by atoms with van der Waals surface area (Å²) in [7, 11) is 0. The van der Waals surface area contributed by atoms with Crippen molar-refractivity contribution in [2.45, 2.75) is 84.5 Å². The maximum Gasteiger partial charge on any atom is 0.509 e. The molecule has 0 aromatic carbocycles. The molecule has 0 spiro atoms. The number of hydrogen-bond donors (Lipinski definition) is 0. The summed E-state index contributed by atoms with van der Waals surface area (Å²) in [6, 6.07) is 0. The number of imide groups is 1. The van der Waals surface area contributed by atoms with Crippen molar-refractivity contribution in [1.29, 1.82) is 0 Å². The molecule has 1 rings (SSSR count). The first-order valence-corrected chi connectivity index (χ1v) is 10.2. The second-order valence-corrected chi connectivity index (χ2v) is 7.92. The smallest absolute Gasteiger partial charge is 0.463 e. The van der Waals surface area contributed by atoms with E-state index in [2.05, 4.69) is 0 Å². The van der Waals surface area contributed by atoms with E-state index in [0.717, 1.165) is 6.42 Å². The molecule has 1 fully saturated rings. The fraction of sp³-hybridized carbons (Fsp3) is 0.700. The van der Waals surface area contributed by atoms with Crippen molar-refractivity contribution >= 4 is 35.9 Å². The highest BCUT2D eigenvalue weighted by atomic mass is 16.7. The van der Waals surface area contributed by atoms with E-state index in [1.165, 1.54) is 6.92 Å². The molecule has 0 saturated carbocycles. The van der Waals surface area contributed by atoms with Gasteiger partial charge >= 0.3 is 24.1 Å². The van der Waals surface area contributed by atoms with Gasteiger partial charge in [-0.25, -0.2) is 19.2 Å². The lowest BCUT2D eigenvalue weighted by atomic mass is 10.2. The minimum atomic E-state index is -1.75. The van der Waals surface area contributed by atoms with Gasteiger partial charge in [0.15, 0.2) is 6.10 Å². The van der Waals surface area contributed by atoms with Gasteiger partial charge in [0.2, 0.25) is 6.10 Å². The zero-order valence-electron chi connectivity index (χ0n) is 18.8. The molecule has 0 aromatic heterocycles. The van der Waals surface area contributed by atoms with Crippen LogP contribution in [0, 0.1) is 0 Å². The van der Waals surface area contributed by atoms with Gasteiger partial charge in [-0.15, -0.1) is 5.06 Å². The first kappa shape index (κ1) is 26.9. The number of unbranched alkanes of at least 4 members (excludes halogenated alkanes) is 1. The SMILES string of the molecule is CCCCOC(=O)[C@H](CC(=O)ON1C(=O)CCC1=O)OC(=O)[C@H](C)OC(=O)OC(C)(C)C. The lowest BCUT2D eigenvalue weighted by molar-refractivity contribution is -0.201. The van der Waals surface area contributed by atoms with Crippen molar-refractivity contribution in [3.63, 3.8) is 0 Å². The Labute approximate surface area is 185 Å². The van der Waals surface area contributed by atoms with E-state index in [1.807, 2.05) is 6.92 Å². The lowest BCUT2D eigenvalue weighted by Gasteiger charge is -2.22. The second kappa shape index (κ2) is 12.0. The molecule has 0 aliphatic carbocycles. The Kier molecular flexibility index (Phi) is 10.1. The number of carbonyl (C=O) groups excluding carboxylic acids is 6. The summed E-state index contributed by atoms with van der Waals surface area (Å²) < 4.78 is 19.7. The van der Waals surface area contributed by atoms with Crippen LogP contribution in [-0.2, 0) is 47.8 Å². The molecule has 32 heavy (non-hydrogen) atoms. The van der Waals surface area contributed by atoms with Crippen molar-refractivity contribution < 1.29 is 52.6 Å². The van der Waals surface area contributed by atoms with Crippen LogP contribution >= 0.6 is 0 Å². The van der Waals surface area contributed by atoms with Crippen molar-refractivity contribution in [3.05, 3.63) is 0 Å². The number of esters is 2. The van der Waals surface area contributed by atoms with Crippen molar-refractivity contribution in [3.8, 4) is 0 Å². The zero-order chi connectivity index (χ0) is 24.5. The Balaban J connectivity index is 2.77. The molecule has 2 atom stereocenters. The highest BCUT2D eigenvalue weighted by Crippen LogP contribution is 2.15. The normalized spacial score (nSPS) is 15.6. The number of hydroxylamine groups is 2. The third kappa shape index (κ3) is 9.31. The van der Waals surface area contributed by atoms with E-state index in [0.29, 0.717) is 11.5 Å². The standard InChI is InChI=1S/C20H29NO11/c1-6-7-10-28-18(26)13(11-16(24)32-21-14(22)8-9-15(21)23)30-17(25)12(2)29-19(27)31-20(3,4)5/h12-13H,6-11H2,1-5H3/t12-,13-/m0/s1. The van der Waals surface area contributed by atoms with Gasteiger partial charge in [-0.3, -0.25) is 9.59 Å². The molecule has 12 heteroatoms. The molecular weight excluding hydrogens is 430 g/mol. The van der Waals surface area contributed by atoms with E-state index < -0.39 is 60.1 Å². The van der Waals surface area contributed by atoms with Crippen molar-refractivity contribution in [2.24, 2.45) is 0 Å².